The van der Waals surface area contributed by atoms with Crippen LogP contribution in [-0.4, -0.2) is 18.4 Å². The molecule has 8 heteroatoms. The number of benzene rings is 3. The molecule has 2 N–H and O–H groups in total. The van der Waals surface area contributed by atoms with Gasteiger partial charge < -0.3 is 5.32 Å². The normalized spacial score (nSPS) is 11.4. The fourth-order valence-electron chi connectivity index (χ4n) is 2.74. The second kappa shape index (κ2) is 7.81. The Morgan fingerprint density at radius 2 is 1.59 bits per heavy atom. The summed E-state index contributed by atoms with van der Waals surface area (Å²) >= 11 is 3.52. The van der Waals surface area contributed by atoms with Crippen LogP contribution in [-0.2, 0) is 10.0 Å². The molecule has 6 nitrogen and oxygen atoms in total. The molecule has 0 bridgehead atoms. The van der Waals surface area contributed by atoms with Crippen LogP contribution in [0.15, 0.2) is 76.1 Å². The Morgan fingerprint density at radius 3 is 2.24 bits per heavy atom. The molecule has 4 rings (SSSR count). The van der Waals surface area contributed by atoms with Crippen LogP contribution < -0.4 is 10.0 Å². The molecule has 1 radical (unpaired) electrons. The summed E-state index contributed by atoms with van der Waals surface area (Å²) in [5.74, 6) is 0.420. The Bertz CT molecular complexity index is 1290. The van der Waals surface area contributed by atoms with Crippen molar-refractivity contribution in [3.05, 3.63) is 82.8 Å². The van der Waals surface area contributed by atoms with E-state index in [0.29, 0.717) is 16.9 Å². The minimum absolute atomic E-state index is 0.115. The number of fused-ring (bicyclic) bond motifs is 1. The first-order chi connectivity index (χ1) is 13.9. The van der Waals surface area contributed by atoms with E-state index in [-0.39, 0.29) is 10.7 Å². The number of nitrogens with one attached hydrogen (secondary N) is 2. The van der Waals surface area contributed by atoms with Crippen LogP contribution in [0.5, 0.6) is 0 Å². The Labute approximate surface area is 177 Å². The summed E-state index contributed by atoms with van der Waals surface area (Å²) in [6, 6.07) is 21.9. The van der Waals surface area contributed by atoms with Crippen molar-refractivity contribution in [2.45, 2.75) is 11.8 Å². The molecule has 0 aliphatic heterocycles. The summed E-state index contributed by atoms with van der Waals surface area (Å²) in [4.78, 5) is 9.19. The first-order valence-corrected chi connectivity index (χ1v) is 11.0. The van der Waals surface area contributed by atoms with Gasteiger partial charge in [-0.2, -0.15) is 0 Å². The Kier molecular flexibility index (Phi) is 5.21. The third kappa shape index (κ3) is 4.23. The lowest BCUT2D eigenvalue weighted by Gasteiger charge is -2.15. The number of rotatable bonds is 5. The number of sulfonamides is 1. The van der Waals surface area contributed by atoms with E-state index in [9.17, 15) is 8.42 Å². The molecule has 29 heavy (non-hydrogen) atoms. The summed E-state index contributed by atoms with van der Waals surface area (Å²) in [7, 11) is -3.84. The summed E-state index contributed by atoms with van der Waals surface area (Å²) in [5, 5.41) is 3.18. The molecule has 145 valence electrons. The van der Waals surface area contributed by atoms with Gasteiger partial charge in [0.15, 0.2) is 11.6 Å². The number of aryl methyl sites for hydroxylation is 1. The molecule has 0 unspecified atom stereocenters. The van der Waals surface area contributed by atoms with Gasteiger partial charge in [0.1, 0.15) is 0 Å². The van der Waals surface area contributed by atoms with Crippen molar-refractivity contribution >= 4 is 54.3 Å². The number of aromatic nitrogens is 2. The molecule has 0 atom stereocenters. The van der Waals surface area contributed by atoms with Gasteiger partial charge in [-0.15, -0.1) is 0 Å². The summed E-state index contributed by atoms with van der Waals surface area (Å²) in [6.45, 7) is 1.99. The lowest BCUT2D eigenvalue weighted by atomic mass is 10.2. The van der Waals surface area contributed by atoms with Gasteiger partial charge in [0.25, 0.3) is 10.0 Å². The maximum atomic E-state index is 12.8. The van der Waals surface area contributed by atoms with Gasteiger partial charge in [0.05, 0.1) is 21.6 Å². The van der Waals surface area contributed by atoms with E-state index >= 15 is 0 Å². The van der Waals surface area contributed by atoms with E-state index in [1.807, 2.05) is 43.3 Å². The third-order valence-electron chi connectivity index (χ3n) is 4.18. The number of hydrogen-bond acceptors (Lipinski definition) is 5. The molecule has 0 aliphatic carbocycles. The lowest BCUT2D eigenvalue weighted by Crippen LogP contribution is -2.16. The first-order valence-electron chi connectivity index (χ1n) is 8.71. The summed E-state index contributed by atoms with van der Waals surface area (Å²) < 4.78 is 29.0. The molecule has 4 aromatic rings. The Morgan fingerprint density at radius 1 is 0.931 bits per heavy atom. The van der Waals surface area contributed by atoms with Crippen LogP contribution in [0.25, 0.3) is 11.0 Å². The van der Waals surface area contributed by atoms with Crippen molar-refractivity contribution < 1.29 is 8.42 Å². The van der Waals surface area contributed by atoms with Gasteiger partial charge in [-0.3, -0.25) is 4.72 Å². The smallest absolute Gasteiger partial charge is 0.263 e. The minimum atomic E-state index is -3.84. The predicted octanol–water partition coefficient (Wildman–Crippen LogP) is 5.05. The molecule has 0 saturated carbocycles. The zero-order valence-corrected chi connectivity index (χ0v) is 17.8. The maximum absolute atomic E-state index is 12.8. The third-order valence-corrected chi connectivity index (χ3v) is 6.19. The number of hydrogen-bond donors (Lipinski definition) is 2. The fraction of sp³-hybridized carbons (Fsp3) is 0.0476. The highest BCUT2D eigenvalue weighted by atomic mass is 79.9. The average molecular weight is 468 g/mol. The van der Waals surface area contributed by atoms with E-state index in [4.69, 9.17) is 0 Å². The quantitative estimate of drug-likeness (QED) is 0.429. The molecular weight excluding hydrogens is 452 g/mol. The van der Waals surface area contributed by atoms with Crippen molar-refractivity contribution in [1.29, 1.82) is 0 Å². The van der Waals surface area contributed by atoms with Gasteiger partial charge in [-0.25, -0.2) is 18.4 Å². The zero-order valence-electron chi connectivity index (χ0n) is 15.3. The van der Waals surface area contributed by atoms with Crippen LogP contribution in [0.1, 0.15) is 5.56 Å². The van der Waals surface area contributed by atoms with E-state index in [0.717, 1.165) is 15.7 Å². The SMILES string of the molecule is Cc1ccc(Nc2nc3ccccc3nc2NS(=O)(=O)c2cc[c]cc2)c(Br)c1. The van der Waals surface area contributed by atoms with Crippen molar-refractivity contribution in [1.82, 2.24) is 9.97 Å². The van der Waals surface area contributed by atoms with Crippen LogP contribution in [0.4, 0.5) is 17.3 Å². The van der Waals surface area contributed by atoms with Crippen molar-refractivity contribution in [2.24, 2.45) is 0 Å². The maximum Gasteiger partial charge on any atom is 0.263 e. The van der Waals surface area contributed by atoms with Gasteiger partial charge in [-0.1, -0.05) is 30.3 Å². The van der Waals surface area contributed by atoms with Crippen molar-refractivity contribution in [2.75, 3.05) is 10.0 Å². The lowest BCUT2D eigenvalue weighted by molar-refractivity contribution is 0.601. The van der Waals surface area contributed by atoms with Crippen LogP contribution in [0.2, 0.25) is 0 Å². The molecule has 0 fully saturated rings. The van der Waals surface area contributed by atoms with Gasteiger partial charge in [-0.05, 0) is 70.9 Å². The van der Waals surface area contributed by atoms with Gasteiger partial charge in [0.2, 0.25) is 0 Å². The standard InChI is InChI=1S/C21H16BrN4O2S/c1-14-11-12-17(16(22)13-14)23-20-21(25-19-10-6-5-9-18(19)24-20)26-29(27,28)15-7-3-2-4-8-15/h3-13H,1H3,(H,23,24)(H,25,26). The molecule has 0 amide bonds. The predicted molar refractivity (Wildman–Crippen MR) is 118 cm³/mol. The number of para-hydroxylation sites is 2. The zero-order chi connectivity index (χ0) is 20.4. The molecule has 1 aromatic heterocycles. The number of halogens is 1. The highest BCUT2D eigenvalue weighted by molar-refractivity contribution is 9.10. The first kappa shape index (κ1) is 19.4. The molecule has 0 spiro atoms. The van der Waals surface area contributed by atoms with Gasteiger partial charge in [0, 0.05) is 4.47 Å². The molecule has 0 saturated heterocycles. The summed E-state index contributed by atoms with van der Waals surface area (Å²) in [5.41, 5.74) is 3.07. The molecule has 3 aromatic carbocycles. The minimum Gasteiger partial charge on any atom is -0.336 e. The highest BCUT2D eigenvalue weighted by Gasteiger charge is 2.19. The van der Waals surface area contributed by atoms with Crippen LogP contribution >= 0.6 is 15.9 Å². The van der Waals surface area contributed by atoms with E-state index in [1.54, 1.807) is 18.2 Å². The van der Waals surface area contributed by atoms with Crippen molar-refractivity contribution in [3.63, 3.8) is 0 Å². The van der Waals surface area contributed by atoms with Gasteiger partial charge >= 0.3 is 0 Å². The molecular formula is C21H16BrN4O2S. The number of nitrogens with zero attached hydrogens (tertiary/aromatic N) is 2. The van der Waals surface area contributed by atoms with E-state index in [2.05, 4.69) is 42.0 Å². The average Bonchev–Trinajstić information content (AvgIpc) is 2.71. The molecule has 0 aliphatic rings. The largest absolute Gasteiger partial charge is 0.336 e. The van der Waals surface area contributed by atoms with E-state index < -0.39 is 10.0 Å². The van der Waals surface area contributed by atoms with Crippen molar-refractivity contribution in [3.8, 4) is 0 Å². The second-order valence-corrected chi connectivity index (χ2v) is 8.90. The Balaban J connectivity index is 1.80. The highest BCUT2D eigenvalue weighted by Crippen LogP contribution is 2.31. The summed E-state index contributed by atoms with van der Waals surface area (Å²) in [6.07, 6.45) is 0. The number of anilines is 3. The van der Waals surface area contributed by atoms with Crippen LogP contribution in [0, 0.1) is 13.0 Å². The second-order valence-electron chi connectivity index (χ2n) is 6.36. The molecule has 1 heterocycles. The Hall–Kier alpha value is -2.97. The monoisotopic (exact) mass is 467 g/mol. The fourth-order valence-corrected chi connectivity index (χ4v) is 4.35. The van der Waals surface area contributed by atoms with E-state index in [1.165, 1.54) is 12.1 Å². The van der Waals surface area contributed by atoms with Crippen LogP contribution in [0.3, 0.4) is 0 Å². The topological polar surface area (TPSA) is 84.0 Å².